The fourth-order valence-electron chi connectivity index (χ4n) is 1.11. The van der Waals surface area contributed by atoms with Crippen molar-refractivity contribution in [2.45, 2.75) is 0 Å². The van der Waals surface area contributed by atoms with Gasteiger partial charge in [-0.1, -0.05) is 0 Å². The number of aliphatic carboxylic acids is 1. The summed E-state index contributed by atoms with van der Waals surface area (Å²) in [5, 5.41) is 19.9. The second-order valence-corrected chi connectivity index (χ2v) is 3.58. The van der Waals surface area contributed by atoms with Crippen LogP contribution in [0.4, 0.5) is 17.5 Å². The van der Waals surface area contributed by atoms with Crippen molar-refractivity contribution < 1.29 is 19.8 Å². The van der Waals surface area contributed by atoms with Gasteiger partial charge in [0.15, 0.2) is 11.5 Å². The van der Waals surface area contributed by atoms with Crippen LogP contribution in [0.1, 0.15) is 10.5 Å². The molecule has 0 saturated carbocycles. The molecule has 0 radical (unpaired) electrons. The number of carboxylic acid groups (broad SMARTS) is 2. The lowest BCUT2D eigenvalue weighted by molar-refractivity contribution is -0.134. The Kier molecular flexibility index (Phi) is 3.87. The fraction of sp³-hybridized carbons (Fsp3) is 0.333. The van der Waals surface area contributed by atoms with Crippen LogP contribution in [0.15, 0.2) is 0 Å². The average molecular weight is 255 g/mol. The van der Waals surface area contributed by atoms with E-state index < -0.39 is 18.5 Å². The van der Waals surface area contributed by atoms with Crippen LogP contribution in [0.2, 0.25) is 0 Å². The average Bonchev–Trinajstić information content (AvgIpc) is 2.26. The molecule has 0 unspecified atom stereocenters. The van der Waals surface area contributed by atoms with Crippen molar-refractivity contribution in [1.29, 1.82) is 0 Å². The highest BCUT2D eigenvalue weighted by atomic mass is 16.4. The van der Waals surface area contributed by atoms with E-state index in [1.54, 1.807) is 14.1 Å². The van der Waals surface area contributed by atoms with Gasteiger partial charge in [-0.15, -0.1) is 0 Å². The SMILES string of the molecule is CN(C)c1nc(NCC(=O)O)c(N)c(C(=O)O)n1. The van der Waals surface area contributed by atoms with E-state index in [-0.39, 0.29) is 23.1 Å². The minimum Gasteiger partial charge on any atom is -0.480 e. The van der Waals surface area contributed by atoms with Crippen molar-refractivity contribution >= 4 is 29.4 Å². The van der Waals surface area contributed by atoms with E-state index in [0.717, 1.165) is 0 Å². The molecule has 18 heavy (non-hydrogen) atoms. The van der Waals surface area contributed by atoms with Gasteiger partial charge >= 0.3 is 11.9 Å². The van der Waals surface area contributed by atoms with Crippen molar-refractivity contribution in [3.8, 4) is 0 Å². The monoisotopic (exact) mass is 255 g/mol. The van der Waals surface area contributed by atoms with E-state index in [1.165, 1.54) is 4.90 Å². The maximum absolute atomic E-state index is 11.0. The summed E-state index contributed by atoms with van der Waals surface area (Å²) in [7, 11) is 3.25. The van der Waals surface area contributed by atoms with Crippen LogP contribution in [0.5, 0.6) is 0 Å². The smallest absolute Gasteiger partial charge is 0.356 e. The lowest BCUT2D eigenvalue weighted by atomic mass is 10.3. The predicted molar refractivity (Wildman–Crippen MR) is 63.9 cm³/mol. The number of hydrogen-bond acceptors (Lipinski definition) is 7. The molecule has 5 N–H and O–H groups in total. The van der Waals surface area contributed by atoms with Gasteiger partial charge < -0.3 is 26.2 Å². The van der Waals surface area contributed by atoms with Crippen LogP contribution in [0, 0.1) is 0 Å². The molecule has 0 bridgehead atoms. The number of carboxylic acids is 2. The van der Waals surface area contributed by atoms with Gasteiger partial charge in [0.1, 0.15) is 12.2 Å². The Morgan fingerprint density at radius 1 is 1.33 bits per heavy atom. The van der Waals surface area contributed by atoms with Gasteiger partial charge in [-0.25, -0.2) is 9.78 Å². The molecule has 0 aliphatic rings. The molecule has 0 amide bonds. The van der Waals surface area contributed by atoms with Crippen molar-refractivity contribution in [2.75, 3.05) is 36.6 Å². The molecule has 0 aliphatic carbocycles. The zero-order valence-corrected chi connectivity index (χ0v) is 9.84. The van der Waals surface area contributed by atoms with E-state index >= 15 is 0 Å². The van der Waals surface area contributed by atoms with E-state index in [4.69, 9.17) is 15.9 Å². The quantitative estimate of drug-likeness (QED) is 0.538. The molecule has 1 aromatic rings. The summed E-state index contributed by atoms with van der Waals surface area (Å²) in [6.07, 6.45) is 0. The van der Waals surface area contributed by atoms with Crippen LogP contribution in [-0.4, -0.2) is 52.8 Å². The first-order valence-corrected chi connectivity index (χ1v) is 4.86. The molecular formula is C9H13N5O4. The van der Waals surface area contributed by atoms with E-state index in [0.29, 0.717) is 0 Å². The summed E-state index contributed by atoms with van der Waals surface area (Å²) < 4.78 is 0. The third-order valence-electron chi connectivity index (χ3n) is 1.94. The molecular weight excluding hydrogens is 242 g/mol. The van der Waals surface area contributed by atoms with Crippen molar-refractivity contribution in [1.82, 2.24) is 9.97 Å². The molecule has 0 aliphatic heterocycles. The van der Waals surface area contributed by atoms with Crippen molar-refractivity contribution in [3.63, 3.8) is 0 Å². The maximum atomic E-state index is 11.0. The van der Waals surface area contributed by atoms with Crippen LogP contribution < -0.4 is 16.0 Å². The molecule has 0 spiro atoms. The minimum atomic E-state index is -1.31. The Morgan fingerprint density at radius 2 is 1.94 bits per heavy atom. The van der Waals surface area contributed by atoms with Gasteiger partial charge in [0.25, 0.3) is 0 Å². The first kappa shape index (κ1) is 13.5. The number of nitrogens with zero attached hydrogens (tertiary/aromatic N) is 3. The summed E-state index contributed by atoms with van der Waals surface area (Å²) in [4.78, 5) is 30.6. The number of aromatic carboxylic acids is 1. The molecule has 1 aromatic heterocycles. The minimum absolute atomic E-state index is 0.0199. The van der Waals surface area contributed by atoms with Crippen molar-refractivity contribution in [3.05, 3.63) is 5.69 Å². The molecule has 1 heterocycles. The van der Waals surface area contributed by atoms with Gasteiger partial charge in [-0.2, -0.15) is 4.98 Å². The standard InChI is InChI=1S/C9H13N5O4/c1-14(2)9-12-6(8(17)18)5(10)7(13-9)11-3-4(15)16/h3,10H2,1-2H3,(H,15,16)(H,17,18)(H,11,12,13). The van der Waals surface area contributed by atoms with E-state index in [9.17, 15) is 9.59 Å². The second kappa shape index (κ2) is 5.17. The number of nitrogen functional groups attached to an aromatic ring is 1. The van der Waals surface area contributed by atoms with Gasteiger partial charge in [0, 0.05) is 14.1 Å². The van der Waals surface area contributed by atoms with Gasteiger partial charge in [0.05, 0.1) is 0 Å². The first-order valence-electron chi connectivity index (χ1n) is 4.86. The molecule has 0 aromatic carbocycles. The Morgan fingerprint density at radius 3 is 2.39 bits per heavy atom. The van der Waals surface area contributed by atoms with Gasteiger partial charge in [-0.05, 0) is 0 Å². The number of nitrogens with one attached hydrogen (secondary N) is 1. The summed E-state index contributed by atoms with van der Waals surface area (Å²) >= 11 is 0. The highest BCUT2D eigenvalue weighted by Gasteiger charge is 2.18. The number of nitrogens with two attached hydrogens (primary N) is 1. The number of anilines is 3. The summed E-state index contributed by atoms with van der Waals surface area (Å²) in [5.41, 5.74) is 4.99. The highest BCUT2D eigenvalue weighted by molar-refractivity contribution is 5.95. The fourth-order valence-corrected chi connectivity index (χ4v) is 1.11. The number of aromatic nitrogens is 2. The summed E-state index contributed by atoms with van der Waals surface area (Å²) in [6.45, 7) is -0.423. The lowest BCUT2D eigenvalue weighted by Crippen LogP contribution is -2.21. The molecule has 1 rings (SSSR count). The first-order chi connectivity index (χ1) is 8.32. The highest BCUT2D eigenvalue weighted by Crippen LogP contribution is 2.22. The van der Waals surface area contributed by atoms with Crippen LogP contribution in [0.3, 0.4) is 0 Å². The maximum Gasteiger partial charge on any atom is 0.356 e. The third-order valence-corrected chi connectivity index (χ3v) is 1.94. The number of rotatable bonds is 5. The normalized spacial score (nSPS) is 9.89. The Balaban J connectivity index is 3.22. The lowest BCUT2D eigenvalue weighted by Gasteiger charge is -2.14. The Bertz CT molecular complexity index is 488. The zero-order valence-electron chi connectivity index (χ0n) is 9.84. The Hall–Kier alpha value is -2.58. The van der Waals surface area contributed by atoms with Crippen LogP contribution in [-0.2, 0) is 4.79 Å². The molecule has 0 saturated heterocycles. The van der Waals surface area contributed by atoms with Crippen LogP contribution in [0.25, 0.3) is 0 Å². The molecule has 0 atom stereocenters. The molecule has 98 valence electrons. The number of carbonyl (C=O) groups is 2. The second-order valence-electron chi connectivity index (χ2n) is 3.58. The largest absolute Gasteiger partial charge is 0.480 e. The van der Waals surface area contributed by atoms with E-state index in [2.05, 4.69) is 15.3 Å². The third kappa shape index (κ3) is 2.97. The number of hydrogen-bond donors (Lipinski definition) is 4. The molecule has 9 nitrogen and oxygen atoms in total. The Labute approximate surface area is 102 Å². The predicted octanol–water partition coefficient (Wildman–Crippen LogP) is -0.680. The molecule has 0 fully saturated rings. The summed E-state index contributed by atoms with van der Waals surface area (Å²) in [6, 6.07) is 0. The topological polar surface area (TPSA) is 142 Å². The summed E-state index contributed by atoms with van der Waals surface area (Å²) in [5.74, 6) is -2.32. The van der Waals surface area contributed by atoms with Crippen LogP contribution >= 0.6 is 0 Å². The van der Waals surface area contributed by atoms with Crippen molar-refractivity contribution in [2.24, 2.45) is 0 Å². The van der Waals surface area contributed by atoms with Gasteiger partial charge in [0.2, 0.25) is 5.95 Å². The van der Waals surface area contributed by atoms with E-state index in [1.807, 2.05) is 0 Å². The molecule has 9 heteroatoms. The van der Waals surface area contributed by atoms with Gasteiger partial charge in [-0.3, -0.25) is 4.79 Å². The zero-order chi connectivity index (χ0) is 13.9.